The summed E-state index contributed by atoms with van der Waals surface area (Å²) in [4.78, 5) is 9.58. The van der Waals surface area contributed by atoms with Gasteiger partial charge in [-0.2, -0.15) is 0 Å². The van der Waals surface area contributed by atoms with E-state index in [1.807, 2.05) is 36.4 Å². The Morgan fingerprint density at radius 3 is 2.78 bits per heavy atom. The minimum absolute atomic E-state index is 0.686. The molecule has 0 saturated heterocycles. The summed E-state index contributed by atoms with van der Waals surface area (Å²) >= 11 is 1.66. The molecule has 0 N–H and O–H groups in total. The molecular formula is C21H19N3O2S. The number of hydrogen-bond donors (Lipinski definition) is 0. The van der Waals surface area contributed by atoms with Gasteiger partial charge in [0, 0.05) is 24.4 Å². The molecule has 0 amide bonds. The van der Waals surface area contributed by atoms with E-state index in [1.54, 1.807) is 11.3 Å². The van der Waals surface area contributed by atoms with Gasteiger partial charge in [0.1, 0.15) is 10.8 Å². The highest BCUT2D eigenvalue weighted by molar-refractivity contribution is 7.10. The molecule has 2 aromatic heterocycles. The number of hydrogen-bond acceptors (Lipinski definition) is 5. The van der Waals surface area contributed by atoms with Gasteiger partial charge in [-0.05, 0) is 30.3 Å². The van der Waals surface area contributed by atoms with Crippen LogP contribution in [-0.2, 0) is 13.5 Å². The van der Waals surface area contributed by atoms with E-state index in [1.165, 1.54) is 0 Å². The van der Waals surface area contributed by atoms with Gasteiger partial charge in [0.25, 0.3) is 0 Å². The molecule has 27 heavy (non-hydrogen) atoms. The number of aryl methyl sites for hydroxylation is 1. The van der Waals surface area contributed by atoms with Gasteiger partial charge in [0.15, 0.2) is 11.5 Å². The maximum absolute atomic E-state index is 5.80. The third-order valence-electron chi connectivity index (χ3n) is 4.78. The van der Waals surface area contributed by atoms with Crippen molar-refractivity contribution in [2.24, 2.45) is 7.05 Å². The van der Waals surface area contributed by atoms with Crippen LogP contribution in [0.3, 0.4) is 0 Å². The third kappa shape index (κ3) is 3.06. The van der Waals surface area contributed by atoms with Crippen molar-refractivity contribution >= 4 is 22.4 Å². The first kappa shape index (κ1) is 16.3. The zero-order chi connectivity index (χ0) is 18.2. The summed E-state index contributed by atoms with van der Waals surface area (Å²) in [7, 11) is 2.06. The number of thiazole rings is 1. The first-order valence-electron chi connectivity index (χ1n) is 9.03. The van der Waals surface area contributed by atoms with E-state index in [4.69, 9.17) is 19.4 Å². The van der Waals surface area contributed by atoms with Gasteiger partial charge in [-0.25, -0.2) is 9.97 Å². The highest BCUT2D eigenvalue weighted by atomic mass is 32.1. The van der Waals surface area contributed by atoms with Gasteiger partial charge in [-0.1, -0.05) is 12.1 Å². The highest BCUT2D eigenvalue weighted by Crippen LogP contribution is 2.34. The number of nitrogens with zero attached hydrogens (tertiary/aromatic N) is 3. The molecule has 136 valence electrons. The zero-order valence-electron chi connectivity index (χ0n) is 15.0. The summed E-state index contributed by atoms with van der Waals surface area (Å²) in [6, 6.07) is 14.2. The van der Waals surface area contributed by atoms with Crippen molar-refractivity contribution in [3.05, 3.63) is 58.7 Å². The minimum Gasteiger partial charge on any atom is -0.490 e. The molecular weight excluding hydrogens is 358 g/mol. The van der Waals surface area contributed by atoms with E-state index in [0.29, 0.717) is 13.2 Å². The molecule has 5 rings (SSSR count). The van der Waals surface area contributed by atoms with Crippen LogP contribution < -0.4 is 9.47 Å². The normalized spacial score (nSPS) is 13.7. The van der Waals surface area contributed by atoms with Crippen LogP contribution in [0.2, 0.25) is 0 Å². The molecule has 6 heteroatoms. The van der Waals surface area contributed by atoms with E-state index in [9.17, 15) is 0 Å². The largest absolute Gasteiger partial charge is 0.490 e. The molecule has 0 saturated carbocycles. The maximum atomic E-state index is 5.80. The van der Waals surface area contributed by atoms with Crippen molar-refractivity contribution in [2.75, 3.05) is 13.2 Å². The molecule has 4 aromatic rings. The fourth-order valence-electron chi connectivity index (χ4n) is 3.34. The number of fused-ring (bicyclic) bond motifs is 2. The van der Waals surface area contributed by atoms with Gasteiger partial charge in [0.2, 0.25) is 0 Å². The average Bonchev–Trinajstić information content (AvgIpc) is 3.19. The van der Waals surface area contributed by atoms with Crippen LogP contribution >= 0.6 is 11.3 Å². The third-order valence-corrected chi connectivity index (χ3v) is 5.63. The van der Waals surface area contributed by atoms with Crippen molar-refractivity contribution in [3.8, 4) is 22.8 Å². The van der Waals surface area contributed by atoms with Gasteiger partial charge >= 0.3 is 0 Å². The van der Waals surface area contributed by atoms with Crippen molar-refractivity contribution < 1.29 is 9.47 Å². The molecule has 0 atom stereocenters. The Hall–Kier alpha value is -2.86. The second-order valence-corrected chi connectivity index (χ2v) is 7.53. The van der Waals surface area contributed by atoms with E-state index >= 15 is 0 Å². The van der Waals surface area contributed by atoms with E-state index in [2.05, 4.69) is 23.1 Å². The summed E-state index contributed by atoms with van der Waals surface area (Å²) in [5.74, 6) is 2.64. The van der Waals surface area contributed by atoms with Gasteiger partial charge < -0.3 is 14.0 Å². The van der Waals surface area contributed by atoms with Crippen LogP contribution in [0.5, 0.6) is 11.5 Å². The predicted octanol–water partition coefficient (Wildman–Crippen LogP) is 4.45. The first-order valence-corrected chi connectivity index (χ1v) is 9.91. The molecule has 0 unspecified atom stereocenters. The quantitative estimate of drug-likeness (QED) is 0.529. The number of aromatic nitrogens is 3. The van der Waals surface area contributed by atoms with Crippen molar-refractivity contribution in [2.45, 2.75) is 12.8 Å². The lowest BCUT2D eigenvalue weighted by atomic mass is 10.1. The molecule has 0 fully saturated rings. The van der Waals surface area contributed by atoms with Crippen LogP contribution in [0.1, 0.15) is 17.3 Å². The fraction of sp³-hybridized carbons (Fsp3) is 0.238. The lowest BCUT2D eigenvalue weighted by Gasteiger charge is -2.08. The molecule has 0 spiro atoms. The Bertz CT molecular complexity index is 1120. The smallest absolute Gasteiger partial charge is 0.161 e. The predicted molar refractivity (Wildman–Crippen MR) is 107 cm³/mol. The summed E-state index contributed by atoms with van der Waals surface area (Å²) in [6.45, 7) is 1.39. The van der Waals surface area contributed by atoms with Crippen molar-refractivity contribution in [1.82, 2.24) is 14.5 Å². The molecule has 1 aliphatic rings. The van der Waals surface area contributed by atoms with Crippen LogP contribution in [0.15, 0.2) is 47.8 Å². The molecule has 2 aromatic carbocycles. The van der Waals surface area contributed by atoms with E-state index in [-0.39, 0.29) is 0 Å². The van der Waals surface area contributed by atoms with Crippen LogP contribution in [-0.4, -0.2) is 27.7 Å². The van der Waals surface area contributed by atoms with Gasteiger partial charge in [-0.3, -0.25) is 0 Å². The molecule has 0 radical (unpaired) electrons. The van der Waals surface area contributed by atoms with Gasteiger partial charge in [-0.15, -0.1) is 11.3 Å². The Morgan fingerprint density at radius 1 is 1.04 bits per heavy atom. The lowest BCUT2D eigenvalue weighted by molar-refractivity contribution is 0.297. The summed E-state index contributed by atoms with van der Waals surface area (Å²) in [5, 5.41) is 3.15. The zero-order valence-corrected chi connectivity index (χ0v) is 15.8. The van der Waals surface area contributed by atoms with Crippen LogP contribution in [0, 0.1) is 0 Å². The average molecular weight is 377 g/mol. The topological polar surface area (TPSA) is 49.2 Å². The number of ether oxygens (including phenoxy) is 2. The Morgan fingerprint density at radius 2 is 1.89 bits per heavy atom. The number of para-hydroxylation sites is 2. The maximum Gasteiger partial charge on any atom is 0.161 e. The Balaban J connectivity index is 1.43. The summed E-state index contributed by atoms with van der Waals surface area (Å²) in [5.41, 5.74) is 4.18. The summed E-state index contributed by atoms with van der Waals surface area (Å²) in [6.07, 6.45) is 1.63. The number of benzene rings is 2. The second-order valence-electron chi connectivity index (χ2n) is 6.59. The molecule has 0 bridgehead atoms. The van der Waals surface area contributed by atoms with E-state index in [0.717, 1.165) is 57.5 Å². The Labute approximate surface area is 161 Å². The monoisotopic (exact) mass is 377 g/mol. The standard InChI is InChI=1S/C21H19N3O2S/c1-24-17-6-3-2-5-15(17)22-20(24)12-21-23-16(13-27-21)14-7-8-18-19(11-14)26-10-4-9-25-18/h2-3,5-8,11,13H,4,9-10,12H2,1H3. The molecule has 3 heterocycles. The van der Waals surface area contributed by atoms with Gasteiger partial charge in [0.05, 0.1) is 36.4 Å². The minimum atomic E-state index is 0.686. The SMILES string of the molecule is Cn1c(Cc2nc(-c3ccc4c(c3)OCCCO4)cs2)nc2ccccc21. The van der Waals surface area contributed by atoms with Crippen LogP contribution in [0.4, 0.5) is 0 Å². The first-order chi connectivity index (χ1) is 13.3. The molecule has 0 aliphatic carbocycles. The number of rotatable bonds is 3. The second kappa shape index (κ2) is 6.70. The highest BCUT2D eigenvalue weighted by Gasteiger charge is 2.14. The van der Waals surface area contributed by atoms with E-state index < -0.39 is 0 Å². The Kier molecular flexibility index (Phi) is 4.05. The lowest BCUT2D eigenvalue weighted by Crippen LogP contribution is -1.98. The number of imidazole rings is 1. The molecule has 5 nitrogen and oxygen atoms in total. The molecule has 1 aliphatic heterocycles. The summed E-state index contributed by atoms with van der Waals surface area (Å²) < 4.78 is 13.7. The fourth-order valence-corrected chi connectivity index (χ4v) is 4.14. The van der Waals surface area contributed by atoms with Crippen LogP contribution in [0.25, 0.3) is 22.3 Å². The van der Waals surface area contributed by atoms with Crippen molar-refractivity contribution in [3.63, 3.8) is 0 Å². The van der Waals surface area contributed by atoms with Crippen molar-refractivity contribution in [1.29, 1.82) is 0 Å².